The monoisotopic (exact) mass is 448 g/mol. The smallest absolute Gasteiger partial charge is 0.140 e. The lowest BCUT2D eigenvalue weighted by Crippen LogP contribution is -1.77. The summed E-state index contributed by atoms with van der Waals surface area (Å²) in [5.41, 5.74) is 4.31. The molecule has 0 saturated carbocycles. The topological polar surface area (TPSA) is 28.7 Å². The first-order chi connectivity index (χ1) is 8.54. The Kier molecular flexibility index (Phi) is 3.38. The summed E-state index contributed by atoms with van der Waals surface area (Å²) in [7, 11) is 0. The Hall–Kier alpha value is -0.170. The van der Waals surface area contributed by atoms with Crippen molar-refractivity contribution in [1.29, 1.82) is 0 Å². The predicted octanol–water partition coefficient (Wildman–Crippen LogP) is 5.89. The lowest BCUT2D eigenvalue weighted by Gasteiger charge is -1.94. The minimum Gasteiger partial charge on any atom is -0.338 e. The molecule has 18 heavy (non-hydrogen) atoms. The molecule has 0 saturated heterocycles. The number of imidazole rings is 1. The molecule has 2 heterocycles. The fourth-order valence-corrected chi connectivity index (χ4v) is 5.25. The van der Waals surface area contributed by atoms with Crippen molar-refractivity contribution in [2.75, 3.05) is 0 Å². The van der Waals surface area contributed by atoms with E-state index in [-0.39, 0.29) is 0 Å². The highest BCUT2D eigenvalue weighted by atomic mass is 79.9. The van der Waals surface area contributed by atoms with E-state index in [1.807, 2.05) is 6.07 Å². The van der Waals surface area contributed by atoms with Crippen molar-refractivity contribution < 1.29 is 0 Å². The maximum absolute atomic E-state index is 4.68. The lowest BCUT2D eigenvalue weighted by molar-refractivity contribution is 1.33. The van der Waals surface area contributed by atoms with E-state index in [1.165, 1.54) is 0 Å². The normalized spacial score (nSPS) is 11.3. The second-order valence-electron chi connectivity index (χ2n) is 3.94. The Morgan fingerprint density at radius 1 is 1.17 bits per heavy atom. The molecule has 0 fully saturated rings. The maximum Gasteiger partial charge on any atom is 0.140 e. The van der Waals surface area contributed by atoms with Gasteiger partial charge in [0.1, 0.15) is 5.82 Å². The van der Waals surface area contributed by atoms with Gasteiger partial charge in [0.05, 0.1) is 18.6 Å². The molecule has 0 aliphatic heterocycles. The molecule has 0 atom stereocenters. The van der Waals surface area contributed by atoms with Gasteiger partial charge in [-0.2, -0.15) is 0 Å². The minimum absolute atomic E-state index is 0.889. The molecule has 0 bridgehead atoms. The molecule has 92 valence electrons. The second-order valence-corrected chi connectivity index (χ2v) is 8.61. The number of halogens is 3. The van der Waals surface area contributed by atoms with Crippen molar-refractivity contribution >= 4 is 70.2 Å². The molecule has 6 heteroatoms. The lowest BCUT2D eigenvalue weighted by atomic mass is 10.2. The molecule has 0 unspecified atom stereocenters. The molecule has 3 aromatic rings. The van der Waals surface area contributed by atoms with Crippen molar-refractivity contribution in [3.63, 3.8) is 0 Å². The number of H-pyrrole nitrogens is 1. The van der Waals surface area contributed by atoms with Crippen LogP contribution in [0.25, 0.3) is 22.4 Å². The van der Waals surface area contributed by atoms with Crippen LogP contribution < -0.4 is 0 Å². The van der Waals surface area contributed by atoms with Gasteiger partial charge < -0.3 is 4.98 Å². The fourth-order valence-electron chi connectivity index (χ4n) is 1.88. The van der Waals surface area contributed by atoms with E-state index in [1.54, 1.807) is 11.3 Å². The van der Waals surface area contributed by atoms with Crippen LogP contribution in [0.1, 0.15) is 5.56 Å². The summed E-state index contributed by atoms with van der Waals surface area (Å²) in [4.78, 5) is 8.04. The van der Waals surface area contributed by atoms with Gasteiger partial charge in [0.25, 0.3) is 0 Å². The quantitative estimate of drug-likeness (QED) is 0.492. The van der Waals surface area contributed by atoms with Gasteiger partial charge in [-0.1, -0.05) is 15.9 Å². The third kappa shape index (κ3) is 2.19. The summed E-state index contributed by atoms with van der Waals surface area (Å²) < 4.78 is 3.22. The van der Waals surface area contributed by atoms with Crippen LogP contribution in [0.15, 0.2) is 30.2 Å². The number of benzene rings is 1. The highest BCUT2D eigenvalue weighted by Crippen LogP contribution is 2.38. The molecule has 0 aliphatic carbocycles. The SMILES string of the molecule is Cc1cc(Br)cc2[nH]c(-c3cc(Br)sc3Br)nc12. The van der Waals surface area contributed by atoms with Gasteiger partial charge in [0.15, 0.2) is 0 Å². The predicted molar refractivity (Wildman–Crippen MR) is 87.2 cm³/mol. The standard InChI is InChI=1S/C12H7Br3N2S/c1-5-2-6(13)3-8-10(5)17-12(16-8)7-4-9(14)18-11(7)15/h2-4H,1H3,(H,16,17). The first-order valence-corrected chi connectivity index (χ1v) is 8.35. The number of hydrogen-bond donors (Lipinski definition) is 1. The first-order valence-electron chi connectivity index (χ1n) is 5.15. The number of aryl methyl sites for hydroxylation is 1. The highest BCUT2D eigenvalue weighted by molar-refractivity contribution is 9.12. The number of hydrogen-bond acceptors (Lipinski definition) is 2. The summed E-state index contributed by atoms with van der Waals surface area (Å²) in [5.74, 6) is 0.889. The zero-order valence-corrected chi connectivity index (χ0v) is 14.8. The van der Waals surface area contributed by atoms with Gasteiger partial charge in [-0.05, 0) is 62.5 Å². The molecular weight excluding hydrogens is 444 g/mol. The van der Waals surface area contributed by atoms with Crippen LogP contribution in [0.5, 0.6) is 0 Å². The van der Waals surface area contributed by atoms with Gasteiger partial charge in [-0.3, -0.25) is 0 Å². The van der Waals surface area contributed by atoms with Crippen molar-refractivity contribution in [3.05, 3.63) is 35.8 Å². The van der Waals surface area contributed by atoms with Crippen LogP contribution in [0, 0.1) is 6.92 Å². The largest absolute Gasteiger partial charge is 0.338 e. The number of thiophene rings is 1. The summed E-state index contributed by atoms with van der Waals surface area (Å²) in [5, 5.41) is 0. The molecule has 0 aliphatic rings. The summed E-state index contributed by atoms with van der Waals surface area (Å²) in [6.07, 6.45) is 0. The number of nitrogens with zero attached hydrogens (tertiary/aromatic N) is 1. The number of fused-ring (bicyclic) bond motifs is 1. The molecule has 3 rings (SSSR count). The van der Waals surface area contributed by atoms with Gasteiger partial charge in [-0.15, -0.1) is 11.3 Å². The van der Waals surface area contributed by atoms with Crippen molar-refractivity contribution in [1.82, 2.24) is 9.97 Å². The van der Waals surface area contributed by atoms with E-state index < -0.39 is 0 Å². The van der Waals surface area contributed by atoms with E-state index in [2.05, 4.69) is 76.8 Å². The number of nitrogens with one attached hydrogen (secondary N) is 1. The Morgan fingerprint density at radius 3 is 2.61 bits per heavy atom. The van der Waals surface area contributed by atoms with Crippen LogP contribution in [-0.2, 0) is 0 Å². The molecule has 0 spiro atoms. The van der Waals surface area contributed by atoms with Gasteiger partial charge >= 0.3 is 0 Å². The third-order valence-electron chi connectivity index (χ3n) is 2.65. The Bertz CT molecular complexity index is 745. The van der Waals surface area contributed by atoms with Crippen LogP contribution in [0.4, 0.5) is 0 Å². The van der Waals surface area contributed by atoms with E-state index >= 15 is 0 Å². The molecule has 2 nitrogen and oxygen atoms in total. The molecule has 0 radical (unpaired) electrons. The van der Waals surface area contributed by atoms with Crippen LogP contribution in [0.2, 0.25) is 0 Å². The van der Waals surface area contributed by atoms with Crippen molar-refractivity contribution in [2.24, 2.45) is 0 Å². The summed E-state index contributed by atoms with van der Waals surface area (Å²) >= 11 is 12.2. The van der Waals surface area contributed by atoms with E-state index in [4.69, 9.17) is 0 Å². The van der Waals surface area contributed by atoms with Gasteiger partial charge in [0.2, 0.25) is 0 Å². The van der Waals surface area contributed by atoms with Crippen molar-refractivity contribution in [2.45, 2.75) is 6.92 Å². The van der Waals surface area contributed by atoms with E-state index in [9.17, 15) is 0 Å². The zero-order valence-electron chi connectivity index (χ0n) is 9.22. The number of aromatic amines is 1. The third-order valence-corrected chi connectivity index (χ3v) is 5.45. The Labute approximate surface area is 133 Å². The number of aromatic nitrogens is 2. The van der Waals surface area contributed by atoms with E-state index in [0.29, 0.717) is 0 Å². The second kappa shape index (κ2) is 4.74. The highest BCUT2D eigenvalue weighted by Gasteiger charge is 2.13. The summed E-state index contributed by atoms with van der Waals surface area (Å²) in [6.45, 7) is 2.07. The Balaban J connectivity index is 2.25. The van der Waals surface area contributed by atoms with Crippen LogP contribution in [-0.4, -0.2) is 9.97 Å². The average molecular weight is 451 g/mol. The molecule has 0 amide bonds. The van der Waals surface area contributed by atoms with Gasteiger partial charge in [0, 0.05) is 10.0 Å². The van der Waals surface area contributed by atoms with Crippen LogP contribution >= 0.6 is 59.1 Å². The average Bonchev–Trinajstić information content (AvgIpc) is 2.81. The number of rotatable bonds is 1. The van der Waals surface area contributed by atoms with Crippen LogP contribution in [0.3, 0.4) is 0 Å². The molecule has 1 aromatic carbocycles. The van der Waals surface area contributed by atoms with Crippen molar-refractivity contribution in [3.8, 4) is 11.4 Å². The maximum atomic E-state index is 4.68. The first kappa shape index (κ1) is 12.8. The Morgan fingerprint density at radius 2 is 1.94 bits per heavy atom. The molecule has 1 N–H and O–H groups in total. The zero-order chi connectivity index (χ0) is 12.9. The minimum atomic E-state index is 0.889. The molecular formula is C12H7Br3N2S. The fraction of sp³-hybridized carbons (Fsp3) is 0.0833. The summed E-state index contributed by atoms with van der Waals surface area (Å²) in [6, 6.07) is 6.19. The van der Waals surface area contributed by atoms with E-state index in [0.717, 1.165) is 40.0 Å². The van der Waals surface area contributed by atoms with Gasteiger partial charge in [-0.25, -0.2) is 4.98 Å². The molecule has 2 aromatic heterocycles.